The van der Waals surface area contributed by atoms with Crippen LogP contribution in [0.2, 0.25) is 0 Å². The van der Waals surface area contributed by atoms with Crippen LogP contribution in [0.1, 0.15) is 6.92 Å². The molecule has 0 aliphatic heterocycles. The fraction of sp³-hybridized carbons (Fsp3) is 0.833. The first-order chi connectivity index (χ1) is 20.6. The lowest BCUT2D eigenvalue weighted by Crippen LogP contribution is -2.80. The van der Waals surface area contributed by atoms with Gasteiger partial charge < -0.3 is 4.74 Å². The largest absolute Gasteiger partial charge is 0.460 e. The molecule has 2 nitrogen and oxygen atoms in total. The van der Waals surface area contributed by atoms with E-state index in [-0.39, 0.29) is 6.92 Å². The molecule has 0 saturated carbocycles. The van der Waals surface area contributed by atoms with Crippen molar-refractivity contribution < 1.29 is 137 Å². The van der Waals surface area contributed by atoms with Crippen LogP contribution in [-0.2, 0) is 9.53 Å². The van der Waals surface area contributed by atoms with Gasteiger partial charge in [0.15, 0.2) is 0 Å². The van der Waals surface area contributed by atoms with E-state index in [1.807, 2.05) is 4.74 Å². The van der Waals surface area contributed by atoms with Crippen LogP contribution >= 0.6 is 0 Å². The van der Waals surface area contributed by atoms with Gasteiger partial charge in [-0.1, -0.05) is 6.58 Å². The Morgan fingerprint density at radius 3 is 0.714 bits per heavy atom. The summed E-state index contributed by atoms with van der Waals surface area (Å²) in [5, 5.41) is 0. The van der Waals surface area contributed by atoms with Crippen molar-refractivity contribution in [2.24, 2.45) is 0 Å². The van der Waals surface area contributed by atoms with E-state index in [0.29, 0.717) is 0 Å². The van der Waals surface area contributed by atoms with Crippen molar-refractivity contribution in [3.63, 3.8) is 0 Å². The van der Waals surface area contributed by atoms with E-state index >= 15 is 0 Å². The second-order valence-corrected chi connectivity index (χ2v) is 9.08. The van der Waals surface area contributed by atoms with E-state index in [0.717, 1.165) is 0 Å². The SMILES string of the molecule is C=C(C)C(=O)OC(F)(C(F)(F)C(F)(F)C(F)(F)F)C(F)(F)C(F)(F)C(F)(F)C(F)(F)C(F)(F)C(F)(F)C(F)(F)C(F)(F)C(F)(F)C(F)(F)F. The number of alkyl halides is 29. The van der Waals surface area contributed by atoms with Crippen LogP contribution in [0.25, 0.3) is 0 Å². The van der Waals surface area contributed by atoms with Gasteiger partial charge in [0.05, 0.1) is 0 Å². The Bertz CT molecular complexity index is 1270. The summed E-state index contributed by atoms with van der Waals surface area (Å²) in [5.74, 6) is -117. The maximum Gasteiger partial charge on any atom is 0.460 e. The first-order valence-corrected chi connectivity index (χ1v) is 10.4. The van der Waals surface area contributed by atoms with Gasteiger partial charge in [-0.05, 0) is 6.92 Å². The maximum absolute atomic E-state index is 14.8. The number of rotatable bonds is 13. The van der Waals surface area contributed by atoms with Crippen LogP contribution in [0.15, 0.2) is 12.2 Å². The quantitative estimate of drug-likeness (QED) is 0.105. The molecular formula is C18H5F29O2. The highest BCUT2D eigenvalue weighted by atomic mass is 19.4. The zero-order valence-electron chi connectivity index (χ0n) is 21.5. The van der Waals surface area contributed by atoms with Gasteiger partial charge in [0.25, 0.3) is 0 Å². The molecular weight excluding hydrogens is 799 g/mol. The fourth-order valence-electron chi connectivity index (χ4n) is 2.68. The highest BCUT2D eigenvalue weighted by Crippen LogP contribution is 2.69. The maximum atomic E-state index is 14.8. The third-order valence-corrected chi connectivity index (χ3v) is 5.65. The van der Waals surface area contributed by atoms with Gasteiger partial charge in [0.1, 0.15) is 0 Å². The molecule has 0 aromatic rings. The minimum absolute atomic E-state index is 0.192. The van der Waals surface area contributed by atoms with E-state index in [9.17, 15) is 132 Å². The lowest BCUT2D eigenvalue weighted by molar-refractivity contribution is -0.495. The molecule has 1 atom stereocenters. The number of hydrogen-bond acceptors (Lipinski definition) is 2. The zero-order chi connectivity index (χ0) is 40.9. The molecule has 292 valence electrons. The molecule has 0 aromatic heterocycles. The molecule has 0 aliphatic carbocycles. The van der Waals surface area contributed by atoms with E-state index in [4.69, 9.17) is 0 Å². The monoisotopic (exact) mass is 804 g/mol. The summed E-state index contributed by atoms with van der Waals surface area (Å²) in [6.07, 6.45) is -16.6. The summed E-state index contributed by atoms with van der Waals surface area (Å²) in [7, 11) is 0. The molecule has 0 heterocycles. The lowest BCUT2D eigenvalue weighted by Gasteiger charge is -2.47. The predicted molar refractivity (Wildman–Crippen MR) is 91.3 cm³/mol. The Hall–Kier alpha value is -2.82. The molecule has 0 rings (SSSR count). The zero-order valence-corrected chi connectivity index (χ0v) is 21.5. The molecule has 0 spiro atoms. The molecule has 1 unspecified atom stereocenters. The highest BCUT2D eigenvalue weighted by Gasteiger charge is 3.01. The summed E-state index contributed by atoms with van der Waals surface area (Å²) in [6, 6.07) is 0. The molecule has 0 N–H and O–H groups in total. The van der Waals surface area contributed by atoms with Gasteiger partial charge in [-0.15, -0.1) is 0 Å². The first kappa shape index (κ1) is 46.2. The third-order valence-electron chi connectivity index (χ3n) is 5.65. The summed E-state index contributed by atoms with van der Waals surface area (Å²) >= 11 is 0. The minimum Gasteiger partial charge on any atom is -0.413 e. The highest BCUT2D eigenvalue weighted by molar-refractivity contribution is 5.87. The molecule has 0 radical (unpaired) electrons. The molecule has 31 heteroatoms. The average Bonchev–Trinajstić information content (AvgIpc) is 2.85. The van der Waals surface area contributed by atoms with Gasteiger partial charge >= 0.3 is 89.3 Å². The molecule has 0 fully saturated rings. The van der Waals surface area contributed by atoms with Gasteiger partial charge in [-0.25, -0.2) is 4.79 Å². The molecule has 0 aromatic carbocycles. The topological polar surface area (TPSA) is 26.3 Å². The summed E-state index contributed by atoms with van der Waals surface area (Å²) in [6.45, 7) is 1.87. The minimum atomic E-state index is -9.98. The lowest BCUT2D eigenvalue weighted by atomic mass is 9.83. The van der Waals surface area contributed by atoms with Crippen molar-refractivity contribution >= 4 is 5.97 Å². The Morgan fingerprint density at radius 1 is 0.347 bits per heavy atom. The molecule has 49 heavy (non-hydrogen) atoms. The molecule has 0 aliphatic rings. The average molecular weight is 804 g/mol. The Kier molecular flexibility index (Phi) is 10.7. The van der Waals surface area contributed by atoms with Crippen LogP contribution < -0.4 is 0 Å². The van der Waals surface area contributed by atoms with Gasteiger partial charge in [0, 0.05) is 5.57 Å². The van der Waals surface area contributed by atoms with Gasteiger partial charge in [-0.3, -0.25) is 0 Å². The van der Waals surface area contributed by atoms with E-state index in [1.54, 1.807) is 0 Å². The van der Waals surface area contributed by atoms with E-state index in [1.165, 1.54) is 0 Å². The summed E-state index contributed by atoms with van der Waals surface area (Å²) in [5.41, 5.74) is -2.09. The molecule has 0 amide bonds. The number of carbonyl (C=O) groups is 1. The molecule has 0 saturated heterocycles. The number of hydrogen-bond donors (Lipinski definition) is 0. The van der Waals surface area contributed by atoms with E-state index < -0.39 is 94.9 Å². The number of esters is 1. The second kappa shape index (κ2) is 11.3. The fourth-order valence-corrected chi connectivity index (χ4v) is 2.68. The van der Waals surface area contributed by atoms with Gasteiger partial charge in [-0.2, -0.15) is 127 Å². The van der Waals surface area contributed by atoms with Crippen molar-refractivity contribution in [2.75, 3.05) is 0 Å². The van der Waals surface area contributed by atoms with Crippen molar-refractivity contribution in [3.05, 3.63) is 12.2 Å². The van der Waals surface area contributed by atoms with Crippen molar-refractivity contribution in [1.29, 1.82) is 0 Å². The van der Waals surface area contributed by atoms with Crippen LogP contribution in [0, 0.1) is 0 Å². The number of carbonyl (C=O) groups excluding carboxylic acids is 1. The Labute approximate surface area is 246 Å². The summed E-state index contributed by atoms with van der Waals surface area (Å²) < 4.78 is 391. The summed E-state index contributed by atoms with van der Waals surface area (Å²) in [4.78, 5) is 11.2. The second-order valence-electron chi connectivity index (χ2n) is 9.08. The number of ether oxygens (including phenoxy) is 1. The predicted octanol–water partition coefficient (Wildman–Crippen LogP) is 9.88. The van der Waals surface area contributed by atoms with Crippen molar-refractivity contribution in [1.82, 2.24) is 0 Å². The van der Waals surface area contributed by atoms with Crippen LogP contribution in [0.3, 0.4) is 0 Å². The van der Waals surface area contributed by atoms with Crippen molar-refractivity contribution in [3.8, 4) is 0 Å². The van der Waals surface area contributed by atoms with Crippen molar-refractivity contribution in [2.45, 2.75) is 90.3 Å². The van der Waals surface area contributed by atoms with Gasteiger partial charge in [0.2, 0.25) is 0 Å². The first-order valence-electron chi connectivity index (χ1n) is 10.4. The van der Waals surface area contributed by atoms with E-state index in [2.05, 4.69) is 6.58 Å². The standard InChI is InChI=1S/C18H5F29O2/c1-3(2)4(48)49-16(41,13(35,36)15(39,40)18(45,46)47)12(33,34)10(29,30)8(25,26)6(21,22)5(19,20)7(23,24)9(27,28)11(31,32)14(37,38)17(42,43)44/h1H2,2H3. The van der Waals surface area contributed by atoms with Crippen LogP contribution in [0.4, 0.5) is 127 Å². The van der Waals surface area contributed by atoms with Crippen LogP contribution in [0.5, 0.6) is 0 Å². The number of halogens is 29. The molecule has 0 bridgehead atoms. The Morgan fingerprint density at radius 2 is 0.510 bits per heavy atom. The normalized spacial score (nSPS) is 17.5. The third kappa shape index (κ3) is 5.55. The Balaban J connectivity index is 7.99. The van der Waals surface area contributed by atoms with Crippen LogP contribution in [-0.4, -0.2) is 89.3 Å². The smallest absolute Gasteiger partial charge is 0.413 e.